The molecule has 3 rings (SSSR count). The summed E-state index contributed by atoms with van der Waals surface area (Å²) >= 11 is 7.76. The summed E-state index contributed by atoms with van der Waals surface area (Å²) in [6, 6.07) is 11.2. The van der Waals surface area contributed by atoms with Crippen molar-refractivity contribution in [3.63, 3.8) is 0 Å². The zero-order chi connectivity index (χ0) is 16.2. The highest BCUT2D eigenvalue weighted by molar-refractivity contribution is 7.09. The van der Waals surface area contributed by atoms with Gasteiger partial charge in [-0.1, -0.05) is 41.9 Å². The Kier molecular flexibility index (Phi) is 4.55. The zero-order valence-corrected chi connectivity index (χ0v) is 13.5. The van der Waals surface area contributed by atoms with Crippen molar-refractivity contribution in [2.24, 2.45) is 5.73 Å². The fourth-order valence-corrected chi connectivity index (χ4v) is 3.06. The second-order valence-corrected chi connectivity index (χ2v) is 6.11. The molecule has 0 saturated heterocycles. The largest absolute Gasteiger partial charge is 0.366 e. The van der Waals surface area contributed by atoms with Crippen molar-refractivity contribution in [1.82, 2.24) is 9.97 Å². The summed E-state index contributed by atoms with van der Waals surface area (Å²) < 4.78 is 0. The lowest BCUT2D eigenvalue weighted by Gasteiger charge is -2.18. The van der Waals surface area contributed by atoms with Crippen molar-refractivity contribution >= 4 is 34.7 Å². The van der Waals surface area contributed by atoms with Crippen LogP contribution < -0.4 is 11.1 Å². The molecule has 23 heavy (non-hydrogen) atoms. The van der Waals surface area contributed by atoms with E-state index in [2.05, 4.69) is 15.3 Å². The van der Waals surface area contributed by atoms with E-state index < -0.39 is 5.91 Å². The Labute approximate surface area is 142 Å². The van der Waals surface area contributed by atoms with E-state index in [0.29, 0.717) is 10.8 Å². The number of carbonyl (C=O) groups is 1. The number of hydrogen-bond donors (Lipinski definition) is 2. The normalized spacial score (nSPS) is 11.9. The van der Waals surface area contributed by atoms with Crippen molar-refractivity contribution in [3.8, 4) is 0 Å². The number of amides is 1. The third-order valence-corrected chi connectivity index (χ3v) is 4.37. The van der Waals surface area contributed by atoms with Gasteiger partial charge in [-0.3, -0.25) is 4.79 Å². The van der Waals surface area contributed by atoms with Crippen molar-refractivity contribution in [2.75, 3.05) is 5.32 Å². The van der Waals surface area contributed by atoms with E-state index in [1.165, 1.54) is 12.3 Å². The molecule has 0 aliphatic rings. The van der Waals surface area contributed by atoms with E-state index in [1.54, 1.807) is 17.5 Å². The quantitative estimate of drug-likeness (QED) is 0.742. The van der Waals surface area contributed by atoms with Crippen LogP contribution in [0.4, 0.5) is 5.82 Å². The molecule has 2 heterocycles. The number of carbonyl (C=O) groups excluding carboxylic acids is 1. The molecule has 7 heteroatoms. The number of hydrogen-bond acceptors (Lipinski definition) is 5. The predicted molar refractivity (Wildman–Crippen MR) is 91.8 cm³/mol. The molecular weight excluding hydrogens is 332 g/mol. The van der Waals surface area contributed by atoms with E-state index in [9.17, 15) is 4.79 Å². The van der Waals surface area contributed by atoms with Gasteiger partial charge in [0.25, 0.3) is 0 Å². The minimum absolute atomic E-state index is 0.180. The second-order valence-electron chi connectivity index (χ2n) is 4.78. The maximum atomic E-state index is 11.2. The second kappa shape index (κ2) is 6.76. The first kappa shape index (κ1) is 15.5. The van der Waals surface area contributed by atoms with Gasteiger partial charge < -0.3 is 11.1 Å². The first-order chi connectivity index (χ1) is 11.1. The number of nitrogens with two attached hydrogens (primary N) is 1. The average molecular weight is 345 g/mol. The van der Waals surface area contributed by atoms with Crippen LogP contribution in [0.5, 0.6) is 0 Å². The standard InChI is InChI=1S/C16H13ClN4OS/c17-12-8-11(14(18)22)9-20-15(12)21-13(16-19-6-7-23-16)10-4-2-1-3-5-10/h1-9,13H,(H2,18,22)(H,20,21). The number of primary amides is 1. The van der Waals surface area contributed by atoms with Crippen LogP contribution in [0.25, 0.3) is 0 Å². The van der Waals surface area contributed by atoms with Crippen molar-refractivity contribution in [1.29, 1.82) is 0 Å². The molecule has 0 aliphatic carbocycles. The van der Waals surface area contributed by atoms with E-state index in [-0.39, 0.29) is 11.6 Å². The van der Waals surface area contributed by atoms with E-state index >= 15 is 0 Å². The van der Waals surface area contributed by atoms with E-state index in [1.807, 2.05) is 35.7 Å². The molecule has 0 fully saturated rings. The Morgan fingerprint density at radius 1 is 1.26 bits per heavy atom. The molecule has 1 atom stereocenters. The maximum absolute atomic E-state index is 11.2. The van der Waals surface area contributed by atoms with Gasteiger partial charge in [-0.2, -0.15) is 0 Å². The highest BCUT2D eigenvalue weighted by atomic mass is 35.5. The van der Waals surface area contributed by atoms with Crippen LogP contribution >= 0.6 is 22.9 Å². The number of nitrogens with one attached hydrogen (secondary N) is 1. The fourth-order valence-electron chi connectivity index (χ4n) is 2.13. The van der Waals surface area contributed by atoms with Crippen LogP contribution in [0.2, 0.25) is 5.02 Å². The average Bonchev–Trinajstić information content (AvgIpc) is 3.08. The van der Waals surface area contributed by atoms with Gasteiger partial charge in [0.1, 0.15) is 16.9 Å². The van der Waals surface area contributed by atoms with Crippen LogP contribution in [-0.2, 0) is 0 Å². The van der Waals surface area contributed by atoms with Crippen LogP contribution in [0.1, 0.15) is 27.0 Å². The Balaban J connectivity index is 1.95. The molecule has 0 saturated carbocycles. The number of benzene rings is 1. The topological polar surface area (TPSA) is 80.9 Å². The monoisotopic (exact) mass is 344 g/mol. The van der Waals surface area contributed by atoms with Gasteiger partial charge in [-0.05, 0) is 11.6 Å². The lowest BCUT2D eigenvalue weighted by molar-refractivity contribution is 0.1000. The molecule has 3 aromatic rings. The number of halogens is 1. The summed E-state index contributed by atoms with van der Waals surface area (Å²) in [5.74, 6) is -0.0915. The number of thiazole rings is 1. The molecule has 1 aromatic carbocycles. The number of aromatic nitrogens is 2. The predicted octanol–water partition coefficient (Wildman–Crippen LogP) is 3.49. The summed E-state index contributed by atoms with van der Waals surface area (Å²) in [5, 5.41) is 6.43. The van der Waals surface area contributed by atoms with Crippen LogP contribution in [0.3, 0.4) is 0 Å². The van der Waals surface area contributed by atoms with E-state index in [4.69, 9.17) is 17.3 Å². The Morgan fingerprint density at radius 2 is 2.04 bits per heavy atom. The summed E-state index contributed by atoms with van der Waals surface area (Å²) in [6.07, 6.45) is 3.16. The molecule has 1 unspecified atom stereocenters. The molecule has 0 aliphatic heterocycles. The highest BCUT2D eigenvalue weighted by Crippen LogP contribution is 2.30. The summed E-state index contributed by atoms with van der Waals surface area (Å²) in [5.41, 5.74) is 6.55. The zero-order valence-electron chi connectivity index (χ0n) is 11.9. The summed E-state index contributed by atoms with van der Waals surface area (Å²) in [6.45, 7) is 0. The van der Waals surface area contributed by atoms with Gasteiger partial charge in [-0.15, -0.1) is 11.3 Å². The highest BCUT2D eigenvalue weighted by Gasteiger charge is 2.18. The molecular formula is C16H13ClN4OS. The Bertz CT molecular complexity index is 808. The molecule has 0 bridgehead atoms. The van der Waals surface area contributed by atoms with Crippen molar-refractivity contribution < 1.29 is 4.79 Å². The molecule has 1 amide bonds. The molecule has 3 N–H and O–H groups in total. The SMILES string of the molecule is NC(=O)c1cnc(NC(c2ccccc2)c2nccs2)c(Cl)c1. The maximum Gasteiger partial charge on any atom is 0.250 e. The molecule has 5 nitrogen and oxygen atoms in total. The summed E-state index contributed by atoms with van der Waals surface area (Å²) in [7, 11) is 0. The van der Waals surface area contributed by atoms with Crippen LogP contribution in [0.15, 0.2) is 54.2 Å². The van der Waals surface area contributed by atoms with Crippen LogP contribution in [-0.4, -0.2) is 15.9 Å². The first-order valence-electron chi connectivity index (χ1n) is 6.81. The van der Waals surface area contributed by atoms with Gasteiger partial charge >= 0.3 is 0 Å². The van der Waals surface area contributed by atoms with Gasteiger partial charge in [0.05, 0.1) is 10.6 Å². The Morgan fingerprint density at radius 3 is 2.65 bits per heavy atom. The Hall–Kier alpha value is -2.44. The van der Waals surface area contributed by atoms with Gasteiger partial charge in [0.2, 0.25) is 5.91 Å². The third-order valence-electron chi connectivity index (χ3n) is 3.24. The fraction of sp³-hybridized carbons (Fsp3) is 0.0625. The molecule has 2 aromatic heterocycles. The smallest absolute Gasteiger partial charge is 0.250 e. The first-order valence-corrected chi connectivity index (χ1v) is 8.07. The number of pyridine rings is 1. The third kappa shape index (κ3) is 3.49. The molecule has 0 spiro atoms. The lowest BCUT2D eigenvalue weighted by Crippen LogP contribution is -2.15. The number of anilines is 1. The van der Waals surface area contributed by atoms with Crippen molar-refractivity contribution in [2.45, 2.75) is 6.04 Å². The van der Waals surface area contributed by atoms with Gasteiger partial charge in [-0.25, -0.2) is 9.97 Å². The number of nitrogens with zero attached hydrogens (tertiary/aromatic N) is 2. The minimum Gasteiger partial charge on any atom is -0.366 e. The molecule has 116 valence electrons. The molecule has 0 radical (unpaired) electrons. The lowest BCUT2D eigenvalue weighted by atomic mass is 10.1. The van der Waals surface area contributed by atoms with Gasteiger partial charge in [0, 0.05) is 17.8 Å². The van der Waals surface area contributed by atoms with Gasteiger partial charge in [0.15, 0.2) is 0 Å². The minimum atomic E-state index is -0.564. The van der Waals surface area contributed by atoms with Crippen LogP contribution in [0, 0.1) is 0 Å². The van der Waals surface area contributed by atoms with E-state index in [0.717, 1.165) is 10.6 Å². The number of rotatable bonds is 5. The van der Waals surface area contributed by atoms with Crippen molar-refractivity contribution in [3.05, 3.63) is 75.3 Å². The summed E-state index contributed by atoms with van der Waals surface area (Å²) in [4.78, 5) is 19.8.